The molecule has 0 radical (unpaired) electrons. The number of benzene rings is 1. The van der Waals surface area contributed by atoms with Gasteiger partial charge in [0.1, 0.15) is 0 Å². The van der Waals surface area contributed by atoms with E-state index in [2.05, 4.69) is 22.0 Å². The van der Waals surface area contributed by atoms with Crippen LogP contribution in [0.15, 0.2) is 22.7 Å². The summed E-state index contributed by atoms with van der Waals surface area (Å²) in [4.78, 5) is 12.3. The lowest BCUT2D eigenvalue weighted by atomic mass is 10.2. The monoisotopic (exact) mass is 311 g/mol. The van der Waals surface area contributed by atoms with Gasteiger partial charge < -0.3 is 4.90 Å². The summed E-state index contributed by atoms with van der Waals surface area (Å²) in [5.41, 5.74) is 0.917. The van der Waals surface area contributed by atoms with Crippen LogP contribution < -0.4 is 4.90 Å². The first-order valence-electron chi connectivity index (χ1n) is 5.55. The van der Waals surface area contributed by atoms with Crippen LogP contribution in [-0.2, 0) is 0 Å². The Morgan fingerprint density at radius 2 is 2.22 bits per heavy atom. The standard InChI is InChI=1S/C12H14BrN3O2/c1-9(2)15(7-3-6-14)12-5-4-10(16(17)18)8-11(12)13/h4-5,8-9H,3,7H2,1-2H3. The van der Waals surface area contributed by atoms with E-state index >= 15 is 0 Å². The smallest absolute Gasteiger partial charge is 0.270 e. The van der Waals surface area contributed by atoms with Crippen molar-refractivity contribution < 1.29 is 4.92 Å². The first-order valence-corrected chi connectivity index (χ1v) is 6.34. The highest BCUT2D eigenvalue weighted by molar-refractivity contribution is 9.10. The van der Waals surface area contributed by atoms with Crippen LogP contribution in [-0.4, -0.2) is 17.5 Å². The molecule has 0 aliphatic rings. The van der Waals surface area contributed by atoms with Gasteiger partial charge in [0.2, 0.25) is 0 Å². The Labute approximate surface area is 114 Å². The third-order valence-corrected chi connectivity index (χ3v) is 3.17. The Morgan fingerprint density at radius 3 is 2.67 bits per heavy atom. The molecule has 0 saturated heterocycles. The average molecular weight is 312 g/mol. The minimum Gasteiger partial charge on any atom is -0.367 e. The van der Waals surface area contributed by atoms with Gasteiger partial charge in [0.25, 0.3) is 5.69 Å². The SMILES string of the molecule is CC(C)N(CCC#N)c1ccc([N+](=O)[O-])cc1Br. The number of nitrogens with zero attached hydrogens (tertiary/aromatic N) is 3. The number of nitro groups is 1. The van der Waals surface area contributed by atoms with Crippen molar-refractivity contribution in [3.63, 3.8) is 0 Å². The second kappa shape index (κ2) is 6.36. The van der Waals surface area contributed by atoms with Crippen molar-refractivity contribution in [2.75, 3.05) is 11.4 Å². The number of nitriles is 1. The van der Waals surface area contributed by atoms with Gasteiger partial charge in [0.15, 0.2) is 0 Å². The Hall–Kier alpha value is -1.61. The van der Waals surface area contributed by atoms with Crippen LogP contribution in [0.3, 0.4) is 0 Å². The molecule has 18 heavy (non-hydrogen) atoms. The third kappa shape index (κ3) is 3.44. The number of nitro benzene ring substituents is 1. The van der Waals surface area contributed by atoms with Gasteiger partial charge in [-0.2, -0.15) is 5.26 Å². The maximum Gasteiger partial charge on any atom is 0.270 e. The minimum absolute atomic E-state index is 0.0506. The lowest BCUT2D eigenvalue weighted by Gasteiger charge is -2.29. The average Bonchev–Trinajstić information content (AvgIpc) is 2.30. The van der Waals surface area contributed by atoms with E-state index in [1.165, 1.54) is 12.1 Å². The molecule has 96 valence electrons. The largest absolute Gasteiger partial charge is 0.367 e. The summed E-state index contributed by atoms with van der Waals surface area (Å²) in [5.74, 6) is 0. The van der Waals surface area contributed by atoms with E-state index in [9.17, 15) is 10.1 Å². The lowest BCUT2D eigenvalue weighted by Crippen LogP contribution is -2.31. The molecule has 0 atom stereocenters. The Morgan fingerprint density at radius 1 is 1.56 bits per heavy atom. The number of hydrogen-bond donors (Lipinski definition) is 0. The number of halogens is 1. The van der Waals surface area contributed by atoms with E-state index < -0.39 is 4.92 Å². The molecule has 0 aromatic heterocycles. The topological polar surface area (TPSA) is 70.2 Å². The number of anilines is 1. The molecule has 1 aromatic rings. The number of hydrogen-bond acceptors (Lipinski definition) is 4. The second-order valence-corrected chi connectivity index (χ2v) is 4.94. The fourth-order valence-corrected chi connectivity index (χ4v) is 2.26. The quantitative estimate of drug-likeness (QED) is 0.616. The summed E-state index contributed by atoms with van der Waals surface area (Å²) in [7, 11) is 0. The zero-order valence-electron chi connectivity index (χ0n) is 10.3. The van der Waals surface area contributed by atoms with Crippen LogP contribution in [0, 0.1) is 21.4 Å². The van der Waals surface area contributed by atoms with Gasteiger partial charge in [-0.15, -0.1) is 0 Å². The maximum atomic E-state index is 10.7. The summed E-state index contributed by atoms with van der Waals surface area (Å²) < 4.78 is 0.670. The van der Waals surface area contributed by atoms with Gasteiger partial charge in [0, 0.05) is 29.2 Å². The fraction of sp³-hybridized carbons (Fsp3) is 0.417. The molecule has 0 aliphatic carbocycles. The van der Waals surface area contributed by atoms with Crippen LogP contribution in [0.1, 0.15) is 20.3 Å². The van der Waals surface area contributed by atoms with Gasteiger partial charge in [-0.25, -0.2) is 0 Å². The van der Waals surface area contributed by atoms with E-state index in [-0.39, 0.29) is 11.7 Å². The molecule has 6 heteroatoms. The molecule has 0 fully saturated rings. The predicted molar refractivity (Wildman–Crippen MR) is 73.5 cm³/mol. The first kappa shape index (κ1) is 14.5. The third-order valence-electron chi connectivity index (χ3n) is 2.54. The molecule has 0 spiro atoms. The van der Waals surface area contributed by atoms with Crippen molar-refractivity contribution in [1.29, 1.82) is 5.26 Å². The van der Waals surface area contributed by atoms with Crippen molar-refractivity contribution in [3.8, 4) is 6.07 Å². The van der Waals surface area contributed by atoms with Crippen molar-refractivity contribution in [2.45, 2.75) is 26.3 Å². The second-order valence-electron chi connectivity index (χ2n) is 4.09. The first-order chi connectivity index (χ1) is 8.47. The summed E-state index contributed by atoms with van der Waals surface area (Å²) in [6.45, 7) is 4.64. The van der Waals surface area contributed by atoms with E-state index in [0.29, 0.717) is 17.4 Å². The van der Waals surface area contributed by atoms with E-state index in [1.807, 2.05) is 18.7 Å². The molecule has 0 unspecified atom stereocenters. The lowest BCUT2D eigenvalue weighted by molar-refractivity contribution is -0.384. The number of non-ortho nitro benzene ring substituents is 1. The van der Waals surface area contributed by atoms with E-state index in [0.717, 1.165) is 5.69 Å². The molecule has 1 aromatic carbocycles. The van der Waals surface area contributed by atoms with Crippen molar-refractivity contribution >= 4 is 27.3 Å². The minimum atomic E-state index is -0.427. The fourth-order valence-electron chi connectivity index (χ4n) is 1.67. The van der Waals surface area contributed by atoms with Gasteiger partial charge >= 0.3 is 0 Å². The van der Waals surface area contributed by atoms with Crippen LogP contribution in [0.25, 0.3) is 0 Å². The van der Waals surface area contributed by atoms with Crippen molar-refractivity contribution in [1.82, 2.24) is 0 Å². The molecule has 0 saturated carbocycles. The molecule has 0 N–H and O–H groups in total. The van der Waals surface area contributed by atoms with Gasteiger partial charge in [-0.1, -0.05) is 0 Å². The normalized spacial score (nSPS) is 10.2. The van der Waals surface area contributed by atoms with Gasteiger partial charge in [-0.3, -0.25) is 10.1 Å². The van der Waals surface area contributed by atoms with Crippen LogP contribution >= 0.6 is 15.9 Å². The Balaban J connectivity index is 3.06. The van der Waals surface area contributed by atoms with E-state index in [1.54, 1.807) is 6.07 Å². The van der Waals surface area contributed by atoms with Gasteiger partial charge in [-0.05, 0) is 35.8 Å². The summed E-state index contributed by atoms with van der Waals surface area (Å²) in [5, 5.41) is 19.3. The molecular formula is C12H14BrN3O2. The highest BCUT2D eigenvalue weighted by Crippen LogP contribution is 2.31. The zero-order valence-corrected chi connectivity index (χ0v) is 11.8. The highest BCUT2D eigenvalue weighted by atomic mass is 79.9. The van der Waals surface area contributed by atoms with Crippen molar-refractivity contribution in [2.24, 2.45) is 0 Å². The van der Waals surface area contributed by atoms with Crippen LogP contribution in [0.4, 0.5) is 11.4 Å². The maximum absolute atomic E-state index is 10.7. The molecule has 0 aliphatic heterocycles. The van der Waals surface area contributed by atoms with Gasteiger partial charge in [0.05, 0.1) is 23.1 Å². The summed E-state index contributed by atoms with van der Waals surface area (Å²) in [6.07, 6.45) is 0.418. The molecule has 1 rings (SSSR count). The highest BCUT2D eigenvalue weighted by Gasteiger charge is 2.16. The summed E-state index contributed by atoms with van der Waals surface area (Å²) >= 11 is 3.35. The van der Waals surface area contributed by atoms with Crippen molar-refractivity contribution in [3.05, 3.63) is 32.8 Å². The van der Waals surface area contributed by atoms with E-state index in [4.69, 9.17) is 5.26 Å². The Kier molecular flexibility index (Phi) is 5.10. The molecule has 0 heterocycles. The molecular weight excluding hydrogens is 298 g/mol. The van der Waals surface area contributed by atoms with Crippen LogP contribution in [0.5, 0.6) is 0 Å². The summed E-state index contributed by atoms with van der Waals surface area (Å²) in [6, 6.07) is 6.99. The van der Waals surface area contributed by atoms with Crippen LogP contribution in [0.2, 0.25) is 0 Å². The zero-order chi connectivity index (χ0) is 13.7. The molecule has 0 bridgehead atoms. The predicted octanol–water partition coefficient (Wildman–Crippen LogP) is 3.49. The number of rotatable bonds is 5. The molecule has 0 amide bonds. The Bertz CT molecular complexity index is 483. The molecule has 5 nitrogen and oxygen atoms in total.